The van der Waals surface area contributed by atoms with Gasteiger partial charge in [-0.25, -0.2) is 0 Å². The first-order chi connectivity index (χ1) is 11.9. The second-order valence-corrected chi connectivity index (χ2v) is 5.56. The van der Waals surface area contributed by atoms with Gasteiger partial charge in [0.25, 0.3) is 0 Å². The van der Waals surface area contributed by atoms with E-state index in [2.05, 4.69) is 10.6 Å². The second-order valence-electron chi connectivity index (χ2n) is 5.56. The van der Waals surface area contributed by atoms with E-state index in [1.807, 2.05) is 0 Å². The van der Waals surface area contributed by atoms with Gasteiger partial charge in [0.15, 0.2) is 5.78 Å². The Morgan fingerprint density at radius 1 is 1.00 bits per heavy atom. The number of hydrogen-bond acceptors (Lipinski definition) is 5. The number of carbonyl (C=O) groups excluding carboxylic acids is 2. The summed E-state index contributed by atoms with van der Waals surface area (Å²) in [4.78, 5) is 23.6. The molecule has 132 valence electrons. The molecule has 0 spiro atoms. The van der Waals surface area contributed by atoms with Gasteiger partial charge in [0, 0.05) is 17.3 Å². The highest BCUT2D eigenvalue weighted by Crippen LogP contribution is 2.29. The number of hydrogen-bond donors (Lipinski definition) is 2. The van der Waals surface area contributed by atoms with Crippen LogP contribution in [0.3, 0.4) is 0 Å². The van der Waals surface area contributed by atoms with Gasteiger partial charge >= 0.3 is 0 Å². The number of anilines is 2. The Hall–Kier alpha value is -3.02. The van der Waals surface area contributed by atoms with Crippen molar-refractivity contribution in [3.63, 3.8) is 0 Å². The maximum absolute atomic E-state index is 12.4. The van der Waals surface area contributed by atoms with E-state index >= 15 is 0 Å². The molecule has 0 aromatic heterocycles. The molecule has 2 aromatic carbocycles. The molecule has 0 saturated carbocycles. The van der Waals surface area contributed by atoms with Gasteiger partial charge in [-0.3, -0.25) is 9.59 Å². The lowest BCUT2D eigenvalue weighted by atomic mass is 10.1. The Kier molecular flexibility index (Phi) is 6.00. The summed E-state index contributed by atoms with van der Waals surface area (Å²) in [5.74, 6) is 1.04. The Labute approximate surface area is 147 Å². The molecular formula is C19H22N2O4. The summed E-state index contributed by atoms with van der Waals surface area (Å²) in [6, 6.07) is 11.6. The topological polar surface area (TPSA) is 76.7 Å². The van der Waals surface area contributed by atoms with Crippen LogP contribution in [-0.4, -0.2) is 32.0 Å². The minimum absolute atomic E-state index is 0.0143. The normalized spacial score (nSPS) is 11.4. The molecule has 2 rings (SSSR count). The van der Waals surface area contributed by atoms with Crippen LogP contribution in [0.2, 0.25) is 0 Å². The fraction of sp³-hybridized carbons (Fsp3) is 0.263. The number of benzene rings is 2. The summed E-state index contributed by atoms with van der Waals surface area (Å²) in [7, 11) is 3.14. The minimum Gasteiger partial charge on any atom is -0.497 e. The fourth-order valence-electron chi connectivity index (χ4n) is 2.26. The lowest BCUT2D eigenvalue weighted by molar-refractivity contribution is -0.116. The number of amides is 1. The molecular weight excluding hydrogens is 320 g/mol. The number of rotatable bonds is 7. The summed E-state index contributed by atoms with van der Waals surface area (Å²) >= 11 is 0. The van der Waals surface area contributed by atoms with Crippen LogP contribution in [0.25, 0.3) is 0 Å². The molecule has 0 aliphatic carbocycles. The largest absolute Gasteiger partial charge is 0.497 e. The first-order valence-corrected chi connectivity index (χ1v) is 7.85. The Balaban J connectivity index is 2.04. The van der Waals surface area contributed by atoms with Crippen molar-refractivity contribution >= 4 is 23.1 Å². The van der Waals surface area contributed by atoms with Crippen molar-refractivity contribution in [1.82, 2.24) is 0 Å². The van der Waals surface area contributed by atoms with Crippen LogP contribution in [-0.2, 0) is 4.79 Å². The number of methoxy groups -OCH3 is 2. The van der Waals surface area contributed by atoms with Crippen molar-refractivity contribution in [2.24, 2.45) is 0 Å². The third-order valence-electron chi connectivity index (χ3n) is 3.73. The van der Waals surface area contributed by atoms with E-state index in [9.17, 15) is 9.59 Å². The summed E-state index contributed by atoms with van der Waals surface area (Å²) in [6.07, 6.45) is 0. The van der Waals surface area contributed by atoms with Gasteiger partial charge in [0.1, 0.15) is 17.5 Å². The number of carbonyl (C=O) groups is 2. The maximum Gasteiger partial charge on any atom is 0.246 e. The van der Waals surface area contributed by atoms with Crippen molar-refractivity contribution in [2.75, 3.05) is 24.9 Å². The summed E-state index contributed by atoms with van der Waals surface area (Å²) in [6.45, 7) is 3.25. The van der Waals surface area contributed by atoms with Gasteiger partial charge in [-0.1, -0.05) is 0 Å². The van der Waals surface area contributed by atoms with Crippen LogP contribution >= 0.6 is 0 Å². The zero-order chi connectivity index (χ0) is 18.4. The Bertz CT molecular complexity index is 757. The van der Waals surface area contributed by atoms with E-state index in [-0.39, 0.29) is 11.7 Å². The van der Waals surface area contributed by atoms with Crippen LogP contribution in [0, 0.1) is 0 Å². The van der Waals surface area contributed by atoms with Gasteiger partial charge in [-0.15, -0.1) is 0 Å². The zero-order valence-corrected chi connectivity index (χ0v) is 14.8. The lowest BCUT2D eigenvalue weighted by Gasteiger charge is -2.18. The maximum atomic E-state index is 12.4. The quantitative estimate of drug-likeness (QED) is 0.755. The number of Topliss-reactive ketones (excluding diaryl/α,β-unsaturated/α-hetero) is 1. The predicted octanol–water partition coefficient (Wildman–Crippen LogP) is 3.35. The van der Waals surface area contributed by atoms with Crippen molar-refractivity contribution in [1.29, 1.82) is 0 Å². The van der Waals surface area contributed by atoms with E-state index in [0.717, 1.165) is 0 Å². The summed E-state index contributed by atoms with van der Waals surface area (Å²) in [5, 5.41) is 5.93. The summed E-state index contributed by atoms with van der Waals surface area (Å²) in [5.41, 5.74) is 1.93. The van der Waals surface area contributed by atoms with E-state index in [0.29, 0.717) is 28.4 Å². The van der Waals surface area contributed by atoms with E-state index in [1.165, 1.54) is 6.92 Å². The van der Waals surface area contributed by atoms with Crippen LogP contribution in [0.4, 0.5) is 11.4 Å². The van der Waals surface area contributed by atoms with Gasteiger partial charge in [0.2, 0.25) is 5.91 Å². The highest BCUT2D eigenvalue weighted by Gasteiger charge is 2.15. The molecule has 6 heteroatoms. The van der Waals surface area contributed by atoms with Crippen molar-refractivity contribution < 1.29 is 19.1 Å². The highest BCUT2D eigenvalue weighted by molar-refractivity contribution is 5.98. The van der Waals surface area contributed by atoms with Gasteiger partial charge in [-0.2, -0.15) is 0 Å². The van der Waals surface area contributed by atoms with Gasteiger partial charge in [0.05, 0.1) is 19.9 Å². The molecule has 25 heavy (non-hydrogen) atoms. The van der Waals surface area contributed by atoms with E-state index in [1.54, 1.807) is 63.6 Å². The van der Waals surface area contributed by atoms with E-state index < -0.39 is 6.04 Å². The molecule has 0 heterocycles. The van der Waals surface area contributed by atoms with E-state index in [4.69, 9.17) is 9.47 Å². The first kappa shape index (κ1) is 18.3. The third-order valence-corrected chi connectivity index (χ3v) is 3.73. The number of nitrogens with one attached hydrogen (secondary N) is 2. The molecule has 0 saturated heterocycles. The van der Waals surface area contributed by atoms with Crippen LogP contribution < -0.4 is 20.1 Å². The SMILES string of the molecule is COc1ccc(N[C@@H](C)C(=O)Nc2ccc(C(C)=O)cc2)c(OC)c1. The van der Waals surface area contributed by atoms with Crippen molar-refractivity contribution in [3.05, 3.63) is 48.0 Å². The monoisotopic (exact) mass is 342 g/mol. The molecule has 0 radical (unpaired) electrons. The predicted molar refractivity (Wildman–Crippen MR) is 97.7 cm³/mol. The van der Waals surface area contributed by atoms with Crippen LogP contribution in [0.1, 0.15) is 24.2 Å². The van der Waals surface area contributed by atoms with Crippen LogP contribution in [0.15, 0.2) is 42.5 Å². The Morgan fingerprint density at radius 3 is 2.24 bits per heavy atom. The summed E-state index contributed by atoms with van der Waals surface area (Å²) < 4.78 is 10.5. The average molecular weight is 342 g/mol. The molecule has 0 bridgehead atoms. The van der Waals surface area contributed by atoms with Crippen molar-refractivity contribution in [3.8, 4) is 11.5 Å². The third kappa shape index (κ3) is 4.73. The van der Waals surface area contributed by atoms with Crippen LogP contribution in [0.5, 0.6) is 11.5 Å². The molecule has 1 atom stereocenters. The molecule has 0 aliphatic rings. The number of ketones is 1. The first-order valence-electron chi connectivity index (χ1n) is 7.85. The number of ether oxygens (including phenoxy) is 2. The Morgan fingerprint density at radius 2 is 1.68 bits per heavy atom. The molecule has 0 fully saturated rings. The zero-order valence-electron chi connectivity index (χ0n) is 14.8. The van der Waals surface area contributed by atoms with Gasteiger partial charge < -0.3 is 20.1 Å². The molecule has 1 amide bonds. The second kappa shape index (κ2) is 8.19. The standard InChI is InChI=1S/C19H22N2O4/c1-12(20-17-10-9-16(24-3)11-18(17)25-4)19(23)21-15-7-5-14(6-8-15)13(2)22/h5-12,20H,1-4H3,(H,21,23)/t12-/m0/s1. The fourth-order valence-corrected chi connectivity index (χ4v) is 2.26. The highest BCUT2D eigenvalue weighted by atomic mass is 16.5. The molecule has 0 aliphatic heterocycles. The molecule has 2 aromatic rings. The molecule has 2 N–H and O–H groups in total. The smallest absolute Gasteiger partial charge is 0.246 e. The molecule has 0 unspecified atom stereocenters. The lowest BCUT2D eigenvalue weighted by Crippen LogP contribution is -2.32. The average Bonchev–Trinajstić information content (AvgIpc) is 2.62. The van der Waals surface area contributed by atoms with Gasteiger partial charge in [-0.05, 0) is 50.2 Å². The van der Waals surface area contributed by atoms with Crippen molar-refractivity contribution in [2.45, 2.75) is 19.9 Å². The minimum atomic E-state index is -0.491. The molecule has 6 nitrogen and oxygen atoms in total.